The number of nitrogens with one attached hydrogen (secondary N) is 1. The number of carbonyl (C=O) groups is 1. The highest BCUT2D eigenvalue weighted by Crippen LogP contribution is 2.04. The maximum Gasteiger partial charge on any atom is 0.222 e. The van der Waals surface area contributed by atoms with Crippen LogP contribution in [-0.2, 0) is 25.7 Å². The maximum atomic E-state index is 11.9. The molecule has 0 spiro atoms. The first-order valence-corrected chi connectivity index (χ1v) is 10.7. The van der Waals surface area contributed by atoms with Gasteiger partial charge in [0.1, 0.15) is 12.4 Å². The number of rotatable bonds is 14. The molecule has 10 heteroatoms. The van der Waals surface area contributed by atoms with Gasteiger partial charge in [-0.25, -0.2) is 0 Å². The van der Waals surface area contributed by atoms with Gasteiger partial charge >= 0.3 is 0 Å². The Balaban J connectivity index is 0.00000466. The molecular formula is C22H38N6O4. The molecule has 0 aliphatic heterocycles. The largest absolute Gasteiger partial charge is 0.393 e. The summed E-state index contributed by atoms with van der Waals surface area (Å²) in [5.41, 5.74) is 13.8. The second-order valence-corrected chi connectivity index (χ2v) is 6.55. The Morgan fingerprint density at radius 2 is 1.50 bits per heavy atom. The smallest absolute Gasteiger partial charge is 0.222 e. The summed E-state index contributed by atoms with van der Waals surface area (Å²) < 4.78 is 10.7. The van der Waals surface area contributed by atoms with Crippen molar-refractivity contribution >= 4 is 23.3 Å². The Hall–Kier alpha value is -2.98. The molecule has 1 aromatic rings. The maximum absolute atomic E-state index is 11.9. The predicted octanol–water partition coefficient (Wildman–Crippen LogP) is 2.16. The molecule has 0 aromatic heterocycles. The first kappa shape index (κ1) is 29.0. The van der Waals surface area contributed by atoms with E-state index < -0.39 is 0 Å². The molecule has 5 N–H and O–H groups in total. The summed E-state index contributed by atoms with van der Waals surface area (Å²) in [5, 5.41) is 14.2. The van der Waals surface area contributed by atoms with Crippen LogP contribution in [0.1, 0.15) is 52.2 Å². The lowest BCUT2D eigenvalue weighted by molar-refractivity contribution is -0.122. The van der Waals surface area contributed by atoms with E-state index in [0.29, 0.717) is 45.4 Å². The third-order valence-corrected chi connectivity index (χ3v) is 3.47. The van der Waals surface area contributed by atoms with Crippen LogP contribution in [0.25, 0.3) is 0 Å². The normalized spacial score (nSPS) is 11.3. The Morgan fingerprint density at radius 3 is 2.09 bits per heavy atom. The fourth-order valence-corrected chi connectivity index (χ4v) is 2.03. The highest BCUT2D eigenvalue weighted by Gasteiger charge is 2.03. The van der Waals surface area contributed by atoms with Crippen molar-refractivity contribution in [2.45, 2.75) is 47.6 Å². The second kappa shape index (κ2) is 18.8. The number of nitrogens with two attached hydrogens (primary N) is 2. The van der Waals surface area contributed by atoms with Crippen molar-refractivity contribution in [2.24, 2.45) is 26.8 Å². The molecule has 0 aliphatic carbocycles. The Labute approximate surface area is 191 Å². The molecule has 0 unspecified atom stereocenters. The summed E-state index contributed by atoms with van der Waals surface area (Å²) in [7, 11) is 0. The van der Waals surface area contributed by atoms with E-state index in [4.69, 9.17) is 25.8 Å². The SMILES string of the molecule is CC.CC(C)=NOCCOCCOCCC(=O)NCc1ccc(/C(N)=N/N=C(/C)N)cc1. The van der Waals surface area contributed by atoms with Gasteiger partial charge in [-0.3, -0.25) is 4.79 Å². The van der Waals surface area contributed by atoms with Crippen molar-refractivity contribution in [3.05, 3.63) is 35.4 Å². The lowest BCUT2D eigenvalue weighted by atomic mass is 10.1. The van der Waals surface area contributed by atoms with Crippen LogP contribution in [0, 0.1) is 0 Å². The van der Waals surface area contributed by atoms with E-state index in [9.17, 15) is 4.79 Å². The molecule has 0 saturated heterocycles. The highest BCUT2D eigenvalue weighted by molar-refractivity contribution is 5.97. The molecule has 0 atom stereocenters. The molecule has 0 bridgehead atoms. The van der Waals surface area contributed by atoms with Gasteiger partial charge in [-0.15, -0.1) is 10.2 Å². The van der Waals surface area contributed by atoms with E-state index in [-0.39, 0.29) is 18.2 Å². The fourth-order valence-electron chi connectivity index (χ4n) is 2.03. The van der Waals surface area contributed by atoms with E-state index in [1.807, 2.05) is 52.0 Å². The molecule has 0 heterocycles. The van der Waals surface area contributed by atoms with Crippen LogP contribution in [0.5, 0.6) is 0 Å². The van der Waals surface area contributed by atoms with Gasteiger partial charge in [0.25, 0.3) is 0 Å². The molecule has 32 heavy (non-hydrogen) atoms. The van der Waals surface area contributed by atoms with E-state index >= 15 is 0 Å². The van der Waals surface area contributed by atoms with Crippen LogP contribution in [0.2, 0.25) is 0 Å². The number of carbonyl (C=O) groups excluding carboxylic acids is 1. The molecule has 0 saturated carbocycles. The Bertz CT molecular complexity index is 724. The summed E-state index contributed by atoms with van der Waals surface area (Å²) in [6.07, 6.45) is 0.280. The van der Waals surface area contributed by atoms with Crippen LogP contribution >= 0.6 is 0 Å². The van der Waals surface area contributed by atoms with Crippen molar-refractivity contribution in [2.75, 3.05) is 33.0 Å². The van der Waals surface area contributed by atoms with Crippen molar-refractivity contribution < 1.29 is 19.1 Å². The van der Waals surface area contributed by atoms with Gasteiger partial charge in [-0.05, 0) is 26.3 Å². The van der Waals surface area contributed by atoms with Crippen molar-refractivity contribution in [1.29, 1.82) is 0 Å². The lowest BCUT2D eigenvalue weighted by Crippen LogP contribution is -2.24. The van der Waals surface area contributed by atoms with Crippen LogP contribution in [-0.4, -0.2) is 56.3 Å². The average Bonchev–Trinajstić information content (AvgIpc) is 2.78. The highest BCUT2D eigenvalue weighted by atomic mass is 16.6. The number of oxime groups is 1. The predicted molar refractivity (Wildman–Crippen MR) is 129 cm³/mol. The van der Waals surface area contributed by atoms with Crippen molar-refractivity contribution in [1.82, 2.24) is 5.32 Å². The molecule has 1 rings (SSSR count). The third kappa shape index (κ3) is 15.8. The zero-order valence-corrected chi connectivity index (χ0v) is 19.9. The number of ether oxygens (including phenoxy) is 2. The number of hydrogen-bond acceptors (Lipinski definition) is 7. The zero-order chi connectivity index (χ0) is 24.2. The molecule has 0 radical (unpaired) electrons. The number of amides is 1. The quantitative estimate of drug-likeness (QED) is 0.171. The first-order chi connectivity index (χ1) is 15.4. The molecule has 0 aliphatic rings. The molecule has 0 fully saturated rings. The third-order valence-electron chi connectivity index (χ3n) is 3.47. The first-order valence-electron chi connectivity index (χ1n) is 10.7. The summed E-state index contributed by atoms with van der Waals surface area (Å²) >= 11 is 0. The number of hydrogen-bond donors (Lipinski definition) is 3. The average molecular weight is 451 g/mol. The minimum absolute atomic E-state index is 0.0879. The zero-order valence-electron chi connectivity index (χ0n) is 19.9. The molecule has 1 aromatic carbocycles. The van der Waals surface area contributed by atoms with Crippen LogP contribution < -0.4 is 16.8 Å². The Kier molecular flexibility index (Phi) is 17.0. The van der Waals surface area contributed by atoms with Gasteiger partial charge < -0.3 is 31.1 Å². The monoisotopic (exact) mass is 450 g/mol. The molecular weight excluding hydrogens is 412 g/mol. The molecule has 180 valence electrons. The Morgan fingerprint density at radius 1 is 0.906 bits per heavy atom. The van der Waals surface area contributed by atoms with E-state index in [1.165, 1.54) is 0 Å². The summed E-state index contributed by atoms with van der Waals surface area (Å²) in [6, 6.07) is 7.35. The van der Waals surface area contributed by atoms with Gasteiger partial charge in [-0.2, -0.15) is 0 Å². The summed E-state index contributed by atoms with van der Waals surface area (Å²) in [4.78, 5) is 16.9. The molecule has 10 nitrogen and oxygen atoms in total. The lowest BCUT2D eigenvalue weighted by Gasteiger charge is -2.08. The van der Waals surface area contributed by atoms with Gasteiger partial charge in [0.2, 0.25) is 5.91 Å². The standard InChI is InChI=1S/C20H32N6O4.C2H6/c1-15(2)26-30-13-12-29-11-10-28-9-8-19(27)23-14-17-4-6-18(7-5-17)20(22)25-24-16(3)21;1-2/h4-7H,8-14H2,1-3H3,(H2,21,24)(H2,22,25)(H,23,27);1-2H3. The number of nitrogens with zero attached hydrogens (tertiary/aromatic N) is 3. The van der Waals surface area contributed by atoms with Gasteiger partial charge in [0.05, 0.1) is 32.1 Å². The van der Waals surface area contributed by atoms with Crippen molar-refractivity contribution in [3.63, 3.8) is 0 Å². The van der Waals surface area contributed by atoms with Crippen molar-refractivity contribution in [3.8, 4) is 0 Å². The second-order valence-electron chi connectivity index (χ2n) is 6.55. The summed E-state index contributed by atoms with van der Waals surface area (Å²) in [5.74, 6) is 0.514. The van der Waals surface area contributed by atoms with Gasteiger partial charge in [-0.1, -0.05) is 43.3 Å². The minimum Gasteiger partial charge on any atom is -0.393 e. The topological polar surface area (TPSA) is 146 Å². The number of amidine groups is 2. The van der Waals surface area contributed by atoms with E-state index in [1.54, 1.807) is 6.92 Å². The van der Waals surface area contributed by atoms with E-state index in [2.05, 4.69) is 20.7 Å². The van der Waals surface area contributed by atoms with Gasteiger partial charge in [0.15, 0.2) is 5.84 Å². The van der Waals surface area contributed by atoms with E-state index in [0.717, 1.165) is 16.8 Å². The fraction of sp³-hybridized carbons (Fsp3) is 0.545. The van der Waals surface area contributed by atoms with Gasteiger partial charge in [0, 0.05) is 18.5 Å². The number of benzene rings is 1. The van der Waals surface area contributed by atoms with Crippen LogP contribution in [0.3, 0.4) is 0 Å². The minimum atomic E-state index is -0.0879. The molecule has 1 amide bonds. The summed E-state index contributed by atoms with van der Waals surface area (Å²) in [6.45, 7) is 11.8. The van der Waals surface area contributed by atoms with Crippen LogP contribution in [0.4, 0.5) is 0 Å². The van der Waals surface area contributed by atoms with Crippen LogP contribution in [0.15, 0.2) is 39.6 Å².